The predicted octanol–water partition coefficient (Wildman–Crippen LogP) is 5.00. The van der Waals surface area contributed by atoms with E-state index in [4.69, 9.17) is 21.1 Å². The third kappa shape index (κ3) is 8.62. The maximum Gasteiger partial charge on any atom is 0.430 e. The van der Waals surface area contributed by atoms with Gasteiger partial charge in [-0.25, -0.2) is 9.78 Å². The van der Waals surface area contributed by atoms with Crippen molar-refractivity contribution in [3.63, 3.8) is 0 Å². The molecule has 0 bridgehead atoms. The molecule has 2 saturated heterocycles. The van der Waals surface area contributed by atoms with Crippen LogP contribution >= 0.6 is 11.6 Å². The number of ether oxygens (including phenoxy) is 2. The molecule has 0 aliphatic carbocycles. The van der Waals surface area contributed by atoms with Gasteiger partial charge in [0.05, 0.1) is 18.7 Å². The van der Waals surface area contributed by atoms with Crippen LogP contribution in [0.15, 0.2) is 36.4 Å². The second-order valence-electron chi connectivity index (χ2n) is 13.3. The van der Waals surface area contributed by atoms with E-state index >= 15 is 0 Å². The van der Waals surface area contributed by atoms with Crippen LogP contribution in [0.3, 0.4) is 0 Å². The van der Waals surface area contributed by atoms with Crippen LogP contribution < -0.4 is 15.0 Å². The molecule has 1 aromatic carbocycles. The number of hydrogen-bond acceptors (Lipinski definition) is 8. The van der Waals surface area contributed by atoms with Gasteiger partial charge in [-0.3, -0.25) is 9.59 Å². The van der Waals surface area contributed by atoms with Crippen molar-refractivity contribution in [2.24, 2.45) is 5.92 Å². The number of aromatic nitrogens is 1. The summed E-state index contributed by atoms with van der Waals surface area (Å²) < 4.78 is 52.4. The van der Waals surface area contributed by atoms with Gasteiger partial charge in [-0.1, -0.05) is 23.7 Å². The van der Waals surface area contributed by atoms with Crippen LogP contribution in [0.2, 0.25) is 5.15 Å². The molecule has 2 N–H and O–H groups in total. The summed E-state index contributed by atoms with van der Waals surface area (Å²) in [7, 11) is 2.54. The molecular weight excluding hydrogens is 655 g/mol. The summed E-state index contributed by atoms with van der Waals surface area (Å²) >= 11 is 6.43. The van der Waals surface area contributed by atoms with Crippen LogP contribution in [0.1, 0.15) is 62.4 Å². The van der Waals surface area contributed by atoms with Gasteiger partial charge in [-0.15, -0.1) is 0 Å². The molecule has 48 heavy (non-hydrogen) atoms. The van der Waals surface area contributed by atoms with Crippen molar-refractivity contribution in [1.82, 2.24) is 20.1 Å². The number of nitrogens with one attached hydrogen (secondary N) is 1. The summed E-state index contributed by atoms with van der Waals surface area (Å²) in [6.07, 6.45) is -3.02. The SMILES string of the molecule is COc1cccc([C@@](O)(C(=O)N(C)CCCC2CCN(c3ccc(C(=O)N4CC(NC(=O)OC(C)(C)C)C4)c(Cl)n3)CC2)C(F)(F)F)c1. The number of likely N-dealkylation sites (N-methyl/N-ethyl adjacent to an activating group) is 1. The van der Waals surface area contributed by atoms with E-state index < -0.39 is 34.9 Å². The largest absolute Gasteiger partial charge is 0.497 e. The number of pyridine rings is 1. The first kappa shape index (κ1) is 37.0. The lowest BCUT2D eigenvalue weighted by molar-refractivity contribution is -0.261. The number of alkyl halides is 3. The third-order valence-electron chi connectivity index (χ3n) is 8.55. The number of methoxy groups -OCH3 is 1. The number of amides is 3. The maximum absolute atomic E-state index is 14.1. The molecule has 264 valence electrons. The van der Waals surface area contributed by atoms with Crippen molar-refractivity contribution in [3.05, 3.63) is 52.7 Å². The van der Waals surface area contributed by atoms with E-state index in [1.54, 1.807) is 37.8 Å². The standard InChI is InChI=1S/C33H43ClF3N5O6/c1-31(2,3)48-30(45)38-23-19-42(20-23)28(43)25-11-12-26(39-27(25)34)41-16-13-21(14-17-41)8-7-15-40(4)29(44)32(46,33(35,36)37)22-9-6-10-24(18-22)47-5/h6,9-12,18,21,23,46H,7-8,13-17,19-20H2,1-5H3,(H,38,45)/t32-/m1/s1. The molecule has 0 saturated carbocycles. The molecular formula is C33H43ClF3N5O6. The molecule has 2 aliphatic heterocycles. The Morgan fingerprint density at radius 2 is 1.77 bits per heavy atom. The van der Waals surface area contributed by atoms with E-state index in [2.05, 4.69) is 15.2 Å². The summed E-state index contributed by atoms with van der Waals surface area (Å²) in [5.41, 5.74) is -4.65. The number of carbonyl (C=O) groups is 3. The average molecular weight is 698 g/mol. The van der Waals surface area contributed by atoms with E-state index in [-0.39, 0.29) is 40.9 Å². The molecule has 1 atom stereocenters. The number of alkyl carbamates (subject to hydrolysis) is 1. The summed E-state index contributed by atoms with van der Waals surface area (Å²) in [5.74, 6) is -0.711. The van der Waals surface area contributed by atoms with Gasteiger partial charge in [0.2, 0.25) is 0 Å². The zero-order valence-corrected chi connectivity index (χ0v) is 28.5. The maximum atomic E-state index is 14.1. The smallest absolute Gasteiger partial charge is 0.430 e. The van der Waals surface area contributed by atoms with Crippen molar-refractivity contribution < 1.29 is 42.1 Å². The van der Waals surface area contributed by atoms with E-state index in [0.29, 0.717) is 44.8 Å². The number of carbonyl (C=O) groups excluding carboxylic acids is 3. The van der Waals surface area contributed by atoms with Crippen molar-refractivity contribution >= 4 is 35.3 Å². The van der Waals surface area contributed by atoms with Crippen LogP contribution in [0.25, 0.3) is 0 Å². The molecule has 0 unspecified atom stereocenters. The molecule has 11 nitrogen and oxygen atoms in total. The van der Waals surface area contributed by atoms with Gasteiger partial charge in [0.25, 0.3) is 17.4 Å². The highest BCUT2D eigenvalue weighted by molar-refractivity contribution is 6.32. The van der Waals surface area contributed by atoms with Gasteiger partial charge >= 0.3 is 12.3 Å². The summed E-state index contributed by atoms with van der Waals surface area (Å²) in [6, 6.07) is 7.97. The van der Waals surface area contributed by atoms with Crippen LogP contribution in [0.4, 0.5) is 23.8 Å². The highest BCUT2D eigenvalue weighted by Crippen LogP contribution is 2.41. The Labute approximate surface area is 283 Å². The number of rotatable bonds is 10. The predicted molar refractivity (Wildman–Crippen MR) is 173 cm³/mol. The fourth-order valence-electron chi connectivity index (χ4n) is 5.84. The lowest BCUT2D eigenvalue weighted by Crippen LogP contribution is -2.61. The van der Waals surface area contributed by atoms with E-state index in [1.165, 1.54) is 26.3 Å². The molecule has 3 heterocycles. The zero-order valence-electron chi connectivity index (χ0n) is 27.8. The molecule has 1 aromatic heterocycles. The minimum atomic E-state index is -5.24. The minimum absolute atomic E-state index is 0.0445. The summed E-state index contributed by atoms with van der Waals surface area (Å²) in [5, 5.41) is 13.5. The number of piperidine rings is 1. The lowest BCUT2D eigenvalue weighted by Gasteiger charge is -2.39. The average Bonchev–Trinajstić information content (AvgIpc) is 3.00. The minimum Gasteiger partial charge on any atom is -0.497 e. The van der Waals surface area contributed by atoms with Gasteiger partial charge in [0.15, 0.2) is 0 Å². The molecule has 0 radical (unpaired) electrons. The van der Waals surface area contributed by atoms with Gasteiger partial charge in [-0.2, -0.15) is 13.2 Å². The number of halogens is 4. The topological polar surface area (TPSA) is 125 Å². The molecule has 2 aromatic rings. The van der Waals surface area contributed by atoms with Crippen molar-refractivity contribution in [2.75, 3.05) is 51.8 Å². The van der Waals surface area contributed by atoms with Crippen LogP contribution in [0.5, 0.6) is 5.75 Å². The Hall–Kier alpha value is -3.78. The number of anilines is 1. The molecule has 4 rings (SSSR count). The van der Waals surface area contributed by atoms with Crippen LogP contribution in [0, 0.1) is 5.92 Å². The van der Waals surface area contributed by atoms with Crippen LogP contribution in [-0.4, -0.2) is 102 Å². The highest BCUT2D eigenvalue weighted by Gasteiger charge is 2.61. The lowest BCUT2D eigenvalue weighted by atomic mass is 9.90. The molecule has 3 amide bonds. The molecule has 2 fully saturated rings. The Balaban J connectivity index is 1.24. The number of aliphatic hydroxyl groups is 1. The fourth-order valence-corrected chi connectivity index (χ4v) is 6.07. The van der Waals surface area contributed by atoms with Gasteiger partial charge in [0, 0.05) is 45.3 Å². The first-order chi connectivity index (χ1) is 22.4. The Morgan fingerprint density at radius 3 is 2.35 bits per heavy atom. The van der Waals surface area contributed by atoms with E-state index in [0.717, 1.165) is 29.9 Å². The third-order valence-corrected chi connectivity index (χ3v) is 8.84. The molecule has 15 heteroatoms. The Kier molecular flexibility index (Phi) is 11.4. The van der Waals surface area contributed by atoms with Crippen LogP contribution in [-0.2, 0) is 15.1 Å². The van der Waals surface area contributed by atoms with E-state index in [1.807, 2.05) is 0 Å². The van der Waals surface area contributed by atoms with Crippen molar-refractivity contribution in [2.45, 2.75) is 69.9 Å². The zero-order chi connectivity index (χ0) is 35.4. The molecule has 0 spiro atoms. The first-order valence-electron chi connectivity index (χ1n) is 15.8. The summed E-state index contributed by atoms with van der Waals surface area (Å²) in [6.45, 7) is 7.37. The second-order valence-corrected chi connectivity index (χ2v) is 13.7. The normalized spacial score (nSPS) is 17.3. The monoisotopic (exact) mass is 697 g/mol. The first-order valence-corrected chi connectivity index (χ1v) is 16.2. The Morgan fingerprint density at radius 1 is 1.10 bits per heavy atom. The number of nitrogens with zero attached hydrogens (tertiary/aromatic N) is 4. The second kappa shape index (κ2) is 14.8. The van der Waals surface area contributed by atoms with Gasteiger partial charge in [0.1, 0.15) is 22.3 Å². The van der Waals surface area contributed by atoms with Crippen molar-refractivity contribution in [1.29, 1.82) is 0 Å². The highest BCUT2D eigenvalue weighted by atomic mass is 35.5. The number of hydrogen-bond donors (Lipinski definition) is 2. The fraction of sp³-hybridized carbons (Fsp3) is 0.576. The molecule has 2 aliphatic rings. The number of likely N-dealkylation sites (tertiary alicyclic amines) is 1. The Bertz CT molecular complexity index is 1470. The summed E-state index contributed by atoms with van der Waals surface area (Å²) in [4.78, 5) is 47.0. The number of benzene rings is 1. The van der Waals surface area contributed by atoms with Crippen molar-refractivity contribution in [3.8, 4) is 5.75 Å². The quantitative estimate of drug-likeness (QED) is 0.333. The van der Waals surface area contributed by atoms with Gasteiger partial charge in [-0.05, 0) is 76.6 Å². The van der Waals surface area contributed by atoms with Gasteiger partial charge < -0.3 is 34.6 Å². The van der Waals surface area contributed by atoms with E-state index in [9.17, 15) is 32.7 Å².